The number of nitrogens with zero attached hydrogens (tertiary/aromatic N) is 1. The Morgan fingerprint density at radius 1 is 1.11 bits per heavy atom. The quantitative estimate of drug-likeness (QED) is 0.810. The zero-order valence-corrected chi connectivity index (χ0v) is 11.8. The molecular weight excluding hydrogens is 260 g/mol. The van der Waals surface area contributed by atoms with Crippen molar-refractivity contribution in [1.82, 2.24) is 4.31 Å². The molecule has 3 rings (SSSR count). The first kappa shape index (κ1) is 12.9. The van der Waals surface area contributed by atoms with Crippen LogP contribution in [0.1, 0.15) is 31.2 Å². The molecule has 2 saturated carbocycles. The van der Waals surface area contributed by atoms with Crippen LogP contribution in [0, 0.1) is 5.92 Å². The van der Waals surface area contributed by atoms with E-state index in [1.165, 1.54) is 12.8 Å². The highest BCUT2D eigenvalue weighted by Gasteiger charge is 2.40. The predicted molar refractivity (Wildman–Crippen MR) is 75.9 cm³/mol. The lowest BCUT2D eigenvalue weighted by Crippen LogP contribution is -2.35. The molecule has 0 amide bonds. The fraction of sp³-hybridized carbons (Fsp3) is 0.571. The molecule has 4 nitrogen and oxygen atoms in total. The Morgan fingerprint density at radius 3 is 2.26 bits per heavy atom. The number of nitrogens with two attached hydrogens (primary N) is 1. The van der Waals surface area contributed by atoms with Crippen LogP contribution >= 0.6 is 0 Å². The SMILES string of the molecule is Nc1ccc(CS(=O)(=O)N(CC2CC2)C2CC2)cc1. The molecule has 0 spiro atoms. The molecule has 0 radical (unpaired) electrons. The van der Waals surface area contributed by atoms with E-state index in [2.05, 4.69) is 0 Å². The van der Waals surface area contributed by atoms with E-state index >= 15 is 0 Å². The maximum absolute atomic E-state index is 12.5. The molecule has 0 bridgehead atoms. The maximum Gasteiger partial charge on any atom is 0.218 e. The van der Waals surface area contributed by atoms with Gasteiger partial charge in [-0.25, -0.2) is 8.42 Å². The summed E-state index contributed by atoms with van der Waals surface area (Å²) < 4.78 is 26.8. The standard InChI is InChI=1S/C14H20N2O2S/c15-13-5-3-12(4-6-13)10-19(17,18)16(14-7-8-14)9-11-1-2-11/h3-6,11,14H,1-2,7-10,15H2. The number of nitrogen functional groups attached to an aromatic ring is 1. The minimum absolute atomic E-state index is 0.0938. The minimum Gasteiger partial charge on any atom is -0.399 e. The zero-order valence-electron chi connectivity index (χ0n) is 11.0. The van der Waals surface area contributed by atoms with Crippen molar-refractivity contribution in [2.75, 3.05) is 12.3 Å². The van der Waals surface area contributed by atoms with Gasteiger partial charge in [0.1, 0.15) is 0 Å². The van der Waals surface area contributed by atoms with Crippen LogP contribution in [0.4, 0.5) is 5.69 Å². The van der Waals surface area contributed by atoms with Crippen molar-refractivity contribution in [2.45, 2.75) is 37.5 Å². The van der Waals surface area contributed by atoms with Gasteiger partial charge < -0.3 is 5.73 Å². The summed E-state index contributed by atoms with van der Waals surface area (Å²) in [5, 5.41) is 0. The third-order valence-corrected chi connectivity index (χ3v) is 5.64. The summed E-state index contributed by atoms with van der Waals surface area (Å²) in [6.45, 7) is 0.724. The van der Waals surface area contributed by atoms with Crippen molar-refractivity contribution in [3.05, 3.63) is 29.8 Å². The van der Waals surface area contributed by atoms with Gasteiger partial charge in [0.2, 0.25) is 10.0 Å². The van der Waals surface area contributed by atoms with Gasteiger partial charge in [0, 0.05) is 18.3 Å². The highest BCUT2D eigenvalue weighted by Crippen LogP contribution is 2.37. The topological polar surface area (TPSA) is 63.4 Å². The lowest BCUT2D eigenvalue weighted by Gasteiger charge is -2.21. The molecular formula is C14H20N2O2S. The fourth-order valence-corrected chi connectivity index (χ4v) is 4.20. The summed E-state index contributed by atoms with van der Waals surface area (Å²) in [5.74, 6) is 0.693. The Morgan fingerprint density at radius 2 is 1.74 bits per heavy atom. The van der Waals surface area contributed by atoms with E-state index in [0.717, 1.165) is 24.9 Å². The Labute approximate surface area is 114 Å². The highest BCUT2D eigenvalue weighted by molar-refractivity contribution is 7.88. The lowest BCUT2D eigenvalue weighted by atomic mass is 10.2. The van der Waals surface area contributed by atoms with Crippen molar-refractivity contribution < 1.29 is 8.42 Å². The maximum atomic E-state index is 12.5. The second-order valence-electron chi connectivity index (χ2n) is 5.74. The molecule has 19 heavy (non-hydrogen) atoms. The molecule has 2 aliphatic carbocycles. The smallest absolute Gasteiger partial charge is 0.218 e. The molecule has 5 heteroatoms. The van der Waals surface area contributed by atoms with Crippen molar-refractivity contribution >= 4 is 15.7 Å². The van der Waals surface area contributed by atoms with Crippen LogP contribution in [0.5, 0.6) is 0 Å². The molecule has 104 valence electrons. The minimum atomic E-state index is -3.19. The number of sulfonamides is 1. The molecule has 0 unspecified atom stereocenters. The number of anilines is 1. The van der Waals surface area contributed by atoms with Crippen molar-refractivity contribution in [1.29, 1.82) is 0 Å². The first-order chi connectivity index (χ1) is 9.04. The molecule has 2 fully saturated rings. The summed E-state index contributed by atoms with van der Waals surface area (Å²) in [4.78, 5) is 0. The van der Waals surface area contributed by atoms with E-state index in [0.29, 0.717) is 11.6 Å². The van der Waals surface area contributed by atoms with Gasteiger partial charge in [-0.15, -0.1) is 0 Å². The number of rotatable bonds is 6. The van der Waals surface area contributed by atoms with E-state index in [1.54, 1.807) is 28.6 Å². The molecule has 0 atom stereocenters. The number of hydrogen-bond acceptors (Lipinski definition) is 3. The van der Waals surface area contributed by atoms with Crippen molar-refractivity contribution in [2.24, 2.45) is 5.92 Å². The molecule has 0 aromatic heterocycles. The van der Waals surface area contributed by atoms with Crippen molar-refractivity contribution in [3.8, 4) is 0 Å². The largest absolute Gasteiger partial charge is 0.399 e. The van der Waals surface area contributed by atoms with E-state index in [1.807, 2.05) is 0 Å². The summed E-state index contributed by atoms with van der Waals surface area (Å²) in [6, 6.07) is 7.38. The summed E-state index contributed by atoms with van der Waals surface area (Å²) in [5.41, 5.74) is 7.10. The molecule has 0 heterocycles. The average molecular weight is 280 g/mol. The van der Waals surface area contributed by atoms with Crippen LogP contribution in [-0.2, 0) is 15.8 Å². The first-order valence-corrected chi connectivity index (χ1v) is 8.49. The van der Waals surface area contributed by atoms with Crippen LogP contribution in [0.2, 0.25) is 0 Å². The fourth-order valence-electron chi connectivity index (χ4n) is 2.31. The molecule has 0 saturated heterocycles. The van der Waals surface area contributed by atoms with Crippen molar-refractivity contribution in [3.63, 3.8) is 0 Å². The Kier molecular flexibility index (Phi) is 3.27. The molecule has 1 aromatic carbocycles. The molecule has 1 aromatic rings. The Balaban J connectivity index is 1.74. The Bertz CT molecular complexity index is 545. The van der Waals surface area contributed by atoms with Gasteiger partial charge in [-0.3, -0.25) is 0 Å². The van der Waals surface area contributed by atoms with Gasteiger partial charge in [0.15, 0.2) is 0 Å². The van der Waals surface area contributed by atoms with E-state index < -0.39 is 10.0 Å². The van der Waals surface area contributed by atoms with Crippen LogP contribution in [0.3, 0.4) is 0 Å². The second-order valence-corrected chi connectivity index (χ2v) is 7.66. The van der Waals surface area contributed by atoms with Gasteiger partial charge in [-0.05, 0) is 49.3 Å². The van der Waals surface area contributed by atoms with Gasteiger partial charge in [0.25, 0.3) is 0 Å². The third kappa shape index (κ3) is 3.28. The molecule has 2 aliphatic rings. The molecule has 2 N–H and O–H groups in total. The lowest BCUT2D eigenvalue weighted by molar-refractivity contribution is 0.388. The van der Waals surface area contributed by atoms with Gasteiger partial charge >= 0.3 is 0 Å². The zero-order chi connectivity index (χ0) is 13.5. The second kappa shape index (κ2) is 4.80. The van der Waals surface area contributed by atoms with Crippen LogP contribution in [0.15, 0.2) is 24.3 Å². The summed E-state index contributed by atoms with van der Waals surface area (Å²) in [7, 11) is -3.19. The van der Waals surface area contributed by atoms with Gasteiger partial charge in [-0.1, -0.05) is 12.1 Å². The van der Waals surface area contributed by atoms with E-state index in [9.17, 15) is 8.42 Å². The monoisotopic (exact) mass is 280 g/mol. The van der Waals surface area contributed by atoms with Crippen LogP contribution in [-0.4, -0.2) is 25.3 Å². The Hall–Kier alpha value is -1.07. The predicted octanol–water partition coefficient (Wildman–Crippen LogP) is 1.97. The summed E-state index contributed by atoms with van der Waals surface area (Å²) >= 11 is 0. The van der Waals surface area contributed by atoms with E-state index in [4.69, 9.17) is 5.73 Å². The first-order valence-electron chi connectivity index (χ1n) is 6.88. The van der Waals surface area contributed by atoms with Crippen LogP contribution in [0.25, 0.3) is 0 Å². The van der Waals surface area contributed by atoms with Crippen LogP contribution < -0.4 is 5.73 Å². The molecule has 0 aliphatic heterocycles. The third-order valence-electron chi connectivity index (χ3n) is 3.78. The highest BCUT2D eigenvalue weighted by atomic mass is 32.2. The van der Waals surface area contributed by atoms with Gasteiger partial charge in [-0.2, -0.15) is 4.31 Å². The number of benzene rings is 1. The average Bonchev–Trinajstić information content (AvgIpc) is 3.23. The van der Waals surface area contributed by atoms with Gasteiger partial charge in [0.05, 0.1) is 5.75 Å². The van der Waals surface area contributed by atoms with E-state index in [-0.39, 0.29) is 11.8 Å². The normalized spacial score (nSPS) is 19.8. The summed E-state index contributed by atoms with van der Waals surface area (Å²) in [6.07, 6.45) is 4.41. The number of hydrogen-bond donors (Lipinski definition) is 1.